The summed E-state index contributed by atoms with van der Waals surface area (Å²) in [4.78, 5) is 16.4. The van der Waals surface area contributed by atoms with Crippen molar-refractivity contribution in [3.8, 4) is 0 Å². The zero-order chi connectivity index (χ0) is 17.5. The van der Waals surface area contributed by atoms with E-state index in [4.69, 9.17) is 0 Å². The van der Waals surface area contributed by atoms with Crippen LogP contribution >= 0.6 is 0 Å². The van der Waals surface area contributed by atoms with Crippen LogP contribution in [0.15, 0.2) is 4.99 Å². The monoisotopic (exact) mass is 324 g/mol. The molecule has 1 aliphatic rings. The second-order valence-corrected chi connectivity index (χ2v) is 8.35. The fraction of sp³-hybridized carbons (Fsp3) is 0.889. The summed E-state index contributed by atoms with van der Waals surface area (Å²) in [6, 6.07) is 0.505. The number of hydrogen-bond donors (Lipinski definition) is 3. The Balaban J connectivity index is 2.40. The molecule has 0 bridgehead atoms. The van der Waals surface area contributed by atoms with Crippen LogP contribution in [-0.4, -0.2) is 37.5 Å². The summed E-state index contributed by atoms with van der Waals surface area (Å²) < 4.78 is 0. The molecule has 0 saturated heterocycles. The summed E-state index contributed by atoms with van der Waals surface area (Å²) >= 11 is 0. The number of amides is 1. The van der Waals surface area contributed by atoms with E-state index in [-0.39, 0.29) is 11.3 Å². The van der Waals surface area contributed by atoms with Gasteiger partial charge in [-0.3, -0.25) is 9.79 Å². The van der Waals surface area contributed by atoms with E-state index >= 15 is 0 Å². The number of guanidine groups is 1. The number of nitrogens with one attached hydrogen (secondary N) is 3. The van der Waals surface area contributed by atoms with E-state index in [2.05, 4.69) is 41.7 Å². The third-order valence-corrected chi connectivity index (χ3v) is 4.37. The molecule has 1 fully saturated rings. The van der Waals surface area contributed by atoms with Gasteiger partial charge in [0.05, 0.1) is 6.54 Å². The molecule has 0 atom stereocenters. The number of aliphatic imine (C=N–C) groups is 1. The van der Waals surface area contributed by atoms with Crippen LogP contribution in [0.4, 0.5) is 0 Å². The van der Waals surface area contributed by atoms with Gasteiger partial charge in [0.15, 0.2) is 5.96 Å². The summed E-state index contributed by atoms with van der Waals surface area (Å²) in [6.07, 6.45) is 4.90. The van der Waals surface area contributed by atoms with E-state index in [0.717, 1.165) is 12.5 Å². The molecule has 0 unspecified atom stereocenters. The maximum atomic E-state index is 11.8. The van der Waals surface area contributed by atoms with Gasteiger partial charge >= 0.3 is 0 Å². The van der Waals surface area contributed by atoms with Crippen LogP contribution in [0.5, 0.6) is 0 Å². The molecule has 5 nitrogen and oxygen atoms in total. The molecule has 1 aliphatic carbocycles. The maximum absolute atomic E-state index is 11.8. The van der Waals surface area contributed by atoms with Crippen LogP contribution in [0.25, 0.3) is 0 Å². The van der Waals surface area contributed by atoms with Gasteiger partial charge in [-0.25, -0.2) is 0 Å². The Kier molecular flexibility index (Phi) is 7.36. The lowest BCUT2D eigenvalue weighted by Crippen LogP contribution is -2.46. The summed E-state index contributed by atoms with van der Waals surface area (Å²) in [5.41, 5.74) is 0.131. The Morgan fingerprint density at radius 3 is 2.30 bits per heavy atom. The van der Waals surface area contributed by atoms with Gasteiger partial charge in [0.1, 0.15) is 0 Å². The number of nitrogens with zero attached hydrogens (tertiary/aromatic N) is 1. The van der Waals surface area contributed by atoms with Crippen molar-refractivity contribution >= 4 is 11.9 Å². The molecule has 0 spiro atoms. The lowest BCUT2D eigenvalue weighted by molar-refractivity contribution is -0.128. The van der Waals surface area contributed by atoms with Gasteiger partial charge in [0.2, 0.25) is 5.91 Å². The quantitative estimate of drug-likeness (QED) is 0.414. The van der Waals surface area contributed by atoms with Gasteiger partial charge in [0, 0.05) is 24.5 Å². The smallest absolute Gasteiger partial charge is 0.225 e. The van der Waals surface area contributed by atoms with Crippen LogP contribution in [0.3, 0.4) is 0 Å². The zero-order valence-corrected chi connectivity index (χ0v) is 15.9. The van der Waals surface area contributed by atoms with E-state index < -0.39 is 0 Å². The zero-order valence-electron chi connectivity index (χ0n) is 15.9. The standard InChI is InChI=1S/C18H36N4O/c1-7-19-16(21-13-12-20-15(23)17(2,3)4)22-14-8-10-18(5,6)11-9-14/h14H,7-13H2,1-6H3,(H,20,23)(H2,19,21,22). The molecule has 0 aromatic rings. The average molecular weight is 325 g/mol. The molecular formula is C18H36N4O. The molecule has 1 amide bonds. The van der Waals surface area contributed by atoms with Crippen molar-refractivity contribution in [1.29, 1.82) is 0 Å². The summed E-state index contributed by atoms with van der Waals surface area (Å²) in [5, 5.41) is 9.77. The Morgan fingerprint density at radius 1 is 1.17 bits per heavy atom. The van der Waals surface area contributed by atoms with Crippen LogP contribution in [-0.2, 0) is 4.79 Å². The summed E-state index contributed by atoms with van der Waals surface area (Å²) in [5.74, 6) is 0.933. The van der Waals surface area contributed by atoms with Gasteiger partial charge in [0.25, 0.3) is 0 Å². The highest BCUT2D eigenvalue weighted by Gasteiger charge is 2.27. The van der Waals surface area contributed by atoms with Crippen molar-refractivity contribution in [3.63, 3.8) is 0 Å². The largest absolute Gasteiger partial charge is 0.357 e. The molecule has 1 saturated carbocycles. The minimum atomic E-state index is -0.346. The Morgan fingerprint density at radius 2 is 1.78 bits per heavy atom. The van der Waals surface area contributed by atoms with Gasteiger partial charge in [-0.1, -0.05) is 34.6 Å². The molecule has 0 aliphatic heterocycles. The molecular weight excluding hydrogens is 288 g/mol. The van der Waals surface area contributed by atoms with Gasteiger partial charge in [-0.05, 0) is 38.0 Å². The Labute approximate surface area is 142 Å². The first-order chi connectivity index (χ1) is 10.6. The highest BCUT2D eigenvalue weighted by atomic mass is 16.2. The van der Waals surface area contributed by atoms with E-state index in [9.17, 15) is 4.79 Å². The van der Waals surface area contributed by atoms with Gasteiger partial charge in [-0.15, -0.1) is 0 Å². The van der Waals surface area contributed by atoms with E-state index in [1.165, 1.54) is 25.7 Å². The summed E-state index contributed by atoms with van der Waals surface area (Å²) in [6.45, 7) is 14.5. The van der Waals surface area contributed by atoms with Gasteiger partial charge in [-0.2, -0.15) is 0 Å². The number of carbonyl (C=O) groups is 1. The maximum Gasteiger partial charge on any atom is 0.225 e. The molecule has 134 valence electrons. The van der Waals surface area contributed by atoms with Crippen molar-refractivity contribution in [2.24, 2.45) is 15.8 Å². The van der Waals surface area contributed by atoms with Gasteiger partial charge < -0.3 is 16.0 Å². The molecule has 23 heavy (non-hydrogen) atoms. The first-order valence-corrected chi connectivity index (χ1v) is 8.97. The molecule has 0 heterocycles. The Hall–Kier alpha value is -1.26. The predicted molar refractivity (Wildman–Crippen MR) is 97.6 cm³/mol. The predicted octanol–water partition coefficient (Wildman–Crippen LogP) is 2.67. The SMILES string of the molecule is CCNC(=NCCNC(=O)C(C)(C)C)NC1CCC(C)(C)CC1. The van der Waals surface area contributed by atoms with E-state index in [0.29, 0.717) is 24.5 Å². The van der Waals surface area contributed by atoms with E-state index in [1.807, 2.05) is 20.8 Å². The Bertz CT molecular complexity index is 400. The highest BCUT2D eigenvalue weighted by molar-refractivity contribution is 5.81. The fourth-order valence-electron chi connectivity index (χ4n) is 2.66. The van der Waals surface area contributed by atoms with Crippen molar-refractivity contribution in [2.45, 2.75) is 73.3 Å². The summed E-state index contributed by atoms with van der Waals surface area (Å²) in [7, 11) is 0. The third kappa shape index (κ3) is 7.71. The van der Waals surface area contributed by atoms with Crippen molar-refractivity contribution in [1.82, 2.24) is 16.0 Å². The van der Waals surface area contributed by atoms with Crippen LogP contribution in [0, 0.1) is 10.8 Å². The highest BCUT2D eigenvalue weighted by Crippen LogP contribution is 2.34. The number of hydrogen-bond acceptors (Lipinski definition) is 2. The van der Waals surface area contributed by atoms with Crippen LogP contribution < -0.4 is 16.0 Å². The minimum absolute atomic E-state index is 0.0696. The molecule has 1 rings (SSSR count). The number of carbonyl (C=O) groups excluding carboxylic acids is 1. The molecule has 0 aromatic heterocycles. The first-order valence-electron chi connectivity index (χ1n) is 8.97. The van der Waals surface area contributed by atoms with Crippen molar-refractivity contribution in [2.75, 3.05) is 19.6 Å². The first kappa shape index (κ1) is 19.8. The lowest BCUT2D eigenvalue weighted by Gasteiger charge is -2.35. The normalized spacial score (nSPS) is 19.3. The van der Waals surface area contributed by atoms with Crippen LogP contribution in [0.2, 0.25) is 0 Å². The minimum Gasteiger partial charge on any atom is -0.357 e. The topological polar surface area (TPSA) is 65.5 Å². The van der Waals surface area contributed by atoms with Crippen molar-refractivity contribution in [3.05, 3.63) is 0 Å². The molecule has 3 N–H and O–H groups in total. The molecule has 5 heteroatoms. The lowest BCUT2D eigenvalue weighted by atomic mass is 9.75. The van der Waals surface area contributed by atoms with Crippen LogP contribution in [0.1, 0.15) is 67.2 Å². The van der Waals surface area contributed by atoms with E-state index in [1.54, 1.807) is 0 Å². The third-order valence-electron chi connectivity index (χ3n) is 4.37. The second-order valence-electron chi connectivity index (χ2n) is 8.35. The average Bonchev–Trinajstić information content (AvgIpc) is 2.44. The van der Waals surface area contributed by atoms with Crippen molar-refractivity contribution < 1.29 is 4.79 Å². The fourth-order valence-corrected chi connectivity index (χ4v) is 2.66. The number of rotatable bonds is 5. The molecule has 0 aromatic carbocycles. The second kappa shape index (κ2) is 8.55. The molecule has 0 radical (unpaired) electrons.